The number of hydrogen-bond donors (Lipinski definition) is 1. The second-order valence-corrected chi connectivity index (χ2v) is 6.94. The van der Waals surface area contributed by atoms with E-state index in [9.17, 15) is 4.79 Å². The summed E-state index contributed by atoms with van der Waals surface area (Å²) in [4.78, 5) is 16.6. The van der Waals surface area contributed by atoms with Crippen LogP contribution in [-0.2, 0) is 21.8 Å². The number of nitrogens with zero attached hydrogens (tertiary/aromatic N) is 2. The van der Waals surface area contributed by atoms with Crippen LogP contribution >= 0.6 is 11.8 Å². The van der Waals surface area contributed by atoms with Crippen molar-refractivity contribution in [2.24, 2.45) is 0 Å². The van der Waals surface area contributed by atoms with Crippen LogP contribution in [0.25, 0.3) is 10.9 Å². The van der Waals surface area contributed by atoms with Crippen molar-refractivity contribution >= 4 is 28.6 Å². The van der Waals surface area contributed by atoms with Gasteiger partial charge in [0.05, 0.1) is 19.2 Å². The van der Waals surface area contributed by atoms with E-state index >= 15 is 0 Å². The Bertz CT molecular complexity index is 893. The number of rotatable bonds is 9. The van der Waals surface area contributed by atoms with E-state index in [4.69, 9.17) is 9.47 Å². The Morgan fingerprint density at radius 2 is 2.00 bits per heavy atom. The monoisotopic (exact) mass is 385 g/mol. The van der Waals surface area contributed by atoms with E-state index < -0.39 is 0 Å². The Morgan fingerprint density at radius 1 is 1.19 bits per heavy atom. The summed E-state index contributed by atoms with van der Waals surface area (Å²) in [5.41, 5.74) is 2.21. The van der Waals surface area contributed by atoms with Gasteiger partial charge in [-0.1, -0.05) is 12.1 Å². The number of nitrogens with one attached hydrogen (secondary N) is 1. The van der Waals surface area contributed by atoms with Gasteiger partial charge in [0.1, 0.15) is 17.3 Å². The number of aromatic nitrogens is 2. The van der Waals surface area contributed by atoms with Crippen LogP contribution in [-0.4, -0.2) is 42.8 Å². The topological polar surface area (TPSA) is 65.4 Å². The van der Waals surface area contributed by atoms with E-state index in [1.807, 2.05) is 35.0 Å². The lowest BCUT2D eigenvalue weighted by molar-refractivity contribution is -0.121. The quantitative estimate of drug-likeness (QED) is 0.453. The molecule has 142 valence electrons. The molecule has 0 fully saturated rings. The van der Waals surface area contributed by atoms with Gasteiger partial charge < -0.3 is 19.4 Å². The highest BCUT2D eigenvalue weighted by atomic mass is 32.2. The molecule has 0 radical (unpaired) electrons. The molecule has 1 amide bonds. The smallest absolute Gasteiger partial charge is 0.240 e. The summed E-state index contributed by atoms with van der Waals surface area (Å²) in [5.74, 6) is 1.64. The number of carbonyl (C=O) groups is 1. The van der Waals surface area contributed by atoms with Crippen molar-refractivity contribution in [2.45, 2.75) is 17.3 Å². The molecule has 0 unspecified atom stereocenters. The van der Waals surface area contributed by atoms with Gasteiger partial charge in [-0.25, -0.2) is 4.98 Å². The molecule has 1 N–H and O–H groups in total. The fourth-order valence-corrected chi connectivity index (χ4v) is 3.69. The molecular formula is C20H23N3O3S. The molecule has 0 aliphatic carbocycles. The molecule has 3 rings (SSSR count). The molecular weight excluding hydrogens is 362 g/mol. The van der Waals surface area contributed by atoms with Crippen LogP contribution in [0.3, 0.4) is 0 Å². The second-order valence-electron chi connectivity index (χ2n) is 5.97. The highest BCUT2D eigenvalue weighted by Crippen LogP contribution is 2.29. The van der Waals surface area contributed by atoms with Crippen molar-refractivity contribution in [3.63, 3.8) is 0 Å². The predicted molar refractivity (Wildman–Crippen MR) is 107 cm³/mol. The lowest BCUT2D eigenvalue weighted by Gasteiger charge is -2.08. The van der Waals surface area contributed by atoms with E-state index in [1.165, 1.54) is 5.56 Å². The Kier molecular flexibility index (Phi) is 6.73. The Morgan fingerprint density at radius 3 is 2.74 bits per heavy atom. The number of benzene rings is 1. The lowest BCUT2D eigenvalue weighted by Crippen LogP contribution is -2.30. The fraction of sp³-hybridized carbons (Fsp3) is 0.300. The van der Waals surface area contributed by atoms with Gasteiger partial charge in [0.25, 0.3) is 0 Å². The largest absolute Gasteiger partial charge is 0.497 e. The first-order valence-corrected chi connectivity index (χ1v) is 9.65. The van der Waals surface area contributed by atoms with Crippen LogP contribution in [0.5, 0.6) is 5.75 Å². The summed E-state index contributed by atoms with van der Waals surface area (Å²) in [7, 11) is 3.28. The molecule has 0 aliphatic rings. The normalized spacial score (nSPS) is 10.9. The second kappa shape index (κ2) is 9.43. The summed E-state index contributed by atoms with van der Waals surface area (Å²) in [6, 6.07) is 12.0. The van der Waals surface area contributed by atoms with Crippen LogP contribution in [0.15, 0.2) is 53.8 Å². The van der Waals surface area contributed by atoms with Crippen LogP contribution in [0.2, 0.25) is 0 Å². The van der Waals surface area contributed by atoms with E-state index in [1.54, 1.807) is 32.2 Å². The minimum Gasteiger partial charge on any atom is -0.497 e. The van der Waals surface area contributed by atoms with Gasteiger partial charge in [-0.15, -0.1) is 11.8 Å². The first-order chi connectivity index (χ1) is 13.2. The maximum absolute atomic E-state index is 12.1. The zero-order chi connectivity index (χ0) is 19.1. The van der Waals surface area contributed by atoms with Crippen molar-refractivity contribution in [2.75, 3.05) is 27.4 Å². The average molecular weight is 385 g/mol. The Hall–Kier alpha value is -2.51. The third-order valence-electron chi connectivity index (χ3n) is 4.14. The molecule has 6 nitrogen and oxygen atoms in total. The van der Waals surface area contributed by atoms with Crippen molar-refractivity contribution in [3.8, 4) is 5.75 Å². The molecule has 3 aromatic rings. The summed E-state index contributed by atoms with van der Waals surface area (Å²) in [6.45, 7) is 1.30. The van der Waals surface area contributed by atoms with E-state index in [0.29, 0.717) is 13.2 Å². The Labute approximate surface area is 162 Å². The highest BCUT2D eigenvalue weighted by Gasteiger charge is 2.10. The standard InChI is InChI=1S/C20H23N3O3S/c1-25-12-10-21-19(24)13-23-11-8-17-18(23)7-9-22-20(17)27-14-15-3-5-16(26-2)6-4-15/h3-9,11H,10,12-14H2,1-2H3,(H,21,24). The zero-order valence-electron chi connectivity index (χ0n) is 15.5. The summed E-state index contributed by atoms with van der Waals surface area (Å²) in [5, 5.41) is 4.86. The van der Waals surface area contributed by atoms with Gasteiger partial charge in [0, 0.05) is 37.2 Å². The third kappa shape index (κ3) is 5.02. The maximum atomic E-state index is 12.1. The summed E-state index contributed by atoms with van der Waals surface area (Å²) >= 11 is 1.68. The SMILES string of the molecule is COCCNC(=O)Cn1ccc2c(SCc3ccc(OC)cc3)nccc21. The molecule has 2 heterocycles. The van der Waals surface area contributed by atoms with E-state index in [-0.39, 0.29) is 12.5 Å². The van der Waals surface area contributed by atoms with Crippen LogP contribution in [0.1, 0.15) is 5.56 Å². The van der Waals surface area contributed by atoms with Crippen molar-refractivity contribution in [1.29, 1.82) is 0 Å². The highest BCUT2D eigenvalue weighted by molar-refractivity contribution is 7.98. The van der Waals surface area contributed by atoms with Gasteiger partial charge in [0.2, 0.25) is 5.91 Å². The lowest BCUT2D eigenvalue weighted by atomic mass is 10.2. The van der Waals surface area contributed by atoms with Gasteiger partial charge in [-0.05, 0) is 29.8 Å². The molecule has 27 heavy (non-hydrogen) atoms. The minimum absolute atomic E-state index is 0.0335. The summed E-state index contributed by atoms with van der Waals surface area (Å²) in [6.07, 6.45) is 3.72. The third-order valence-corrected chi connectivity index (χ3v) is 5.21. The molecule has 0 saturated carbocycles. The van der Waals surface area contributed by atoms with Crippen molar-refractivity contribution < 1.29 is 14.3 Å². The van der Waals surface area contributed by atoms with Gasteiger partial charge in [-0.3, -0.25) is 4.79 Å². The maximum Gasteiger partial charge on any atom is 0.240 e. The minimum atomic E-state index is -0.0335. The van der Waals surface area contributed by atoms with Gasteiger partial charge in [-0.2, -0.15) is 0 Å². The first-order valence-electron chi connectivity index (χ1n) is 8.66. The molecule has 2 aromatic heterocycles. The number of thioether (sulfide) groups is 1. The number of amides is 1. The number of pyridine rings is 1. The Balaban J connectivity index is 1.68. The molecule has 1 aromatic carbocycles. The van der Waals surface area contributed by atoms with Crippen molar-refractivity contribution in [3.05, 3.63) is 54.4 Å². The number of ether oxygens (including phenoxy) is 2. The van der Waals surface area contributed by atoms with Crippen LogP contribution < -0.4 is 10.1 Å². The fourth-order valence-electron chi connectivity index (χ4n) is 2.73. The predicted octanol–water partition coefficient (Wildman–Crippen LogP) is 3.10. The number of fused-ring (bicyclic) bond motifs is 1. The van der Waals surface area contributed by atoms with Crippen molar-refractivity contribution in [1.82, 2.24) is 14.9 Å². The number of methoxy groups -OCH3 is 2. The molecule has 0 bridgehead atoms. The first kappa shape index (κ1) is 19.3. The molecule has 7 heteroatoms. The molecule has 0 spiro atoms. The number of carbonyl (C=O) groups excluding carboxylic acids is 1. The zero-order valence-corrected chi connectivity index (χ0v) is 16.3. The molecule has 0 aliphatic heterocycles. The van der Waals surface area contributed by atoms with E-state index in [0.717, 1.165) is 27.4 Å². The van der Waals surface area contributed by atoms with E-state index in [2.05, 4.69) is 22.4 Å². The van der Waals surface area contributed by atoms with Gasteiger partial charge in [0.15, 0.2) is 0 Å². The molecule has 0 atom stereocenters. The summed E-state index contributed by atoms with van der Waals surface area (Å²) < 4.78 is 12.1. The van der Waals surface area contributed by atoms with Gasteiger partial charge >= 0.3 is 0 Å². The number of hydrogen-bond acceptors (Lipinski definition) is 5. The average Bonchev–Trinajstić information content (AvgIpc) is 3.10. The van der Waals surface area contributed by atoms with Crippen LogP contribution in [0.4, 0.5) is 0 Å². The van der Waals surface area contributed by atoms with Crippen LogP contribution in [0, 0.1) is 0 Å². The molecule has 0 saturated heterocycles.